The molecule has 0 radical (unpaired) electrons. The van der Waals surface area contributed by atoms with Crippen molar-refractivity contribution in [1.29, 1.82) is 0 Å². The molecule has 1 aromatic heterocycles. The molecule has 0 unspecified atom stereocenters. The van der Waals surface area contributed by atoms with E-state index in [0.29, 0.717) is 5.13 Å². The molecule has 0 bridgehead atoms. The normalized spacial score (nSPS) is 11.0. The second-order valence-electron chi connectivity index (χ2n) is 6.36. The zero-order valence-corrected chi connectivity index (χ0v) is 16.6. The van der Waals surface area contributed by atoms with E-state index in [1.165, 1.54) is 17.4 Å². The van der Waals surface area contributed by atoms with Gasteiger partial charge in [-0.2, -0.15) is 5.10 Å². The van der Waals surface area contributed by atoms with Crippen LogP contribution in [0.4, 0.5) is 13.9 Å². The Bertz CT molecular complexity index is 1140. The molecule has 0 aliphatic carbocycles. The molecule has 1 heterocycles. The monoisotopic (exact) mass is 421 g/mol. The first-order chi connectivity index (χ1) is 14.7. The third kappa shape index (κ3) is 4.87. The molecule has 4 nitrogen and oxygen atoms in total. The predicted octanol–water partition coefficient (Wildman–Crippen LogP) is 6.11. The predicted molar refractivity (Wildman–Crippen MR) is 116 cm³/mol. The highest BCUT2D eigenvalue weighted by Crippen LogP contribution is 2.24. The summed E-state index contributed by atoms with van der Waals surface area (Å²) in [5.74, 6) is -1.83. The van der Waals surface area contributed by atoms with Gasteiger partial charge < -0.3 is 4.74 Å². The second kappa shape index (κ2) is 9.28. The zero-order chi connectivity index (χ0) is 20.8. The number of para-hydroxylation sites is 1. The molecule has 0 amide bonds. The molecule has 7 heteroatoms. The maximum absolute atomic E-state index is 13.7. The molecular formula is C23H17F2N3OS. The van der Waals surface area contributed by atoms with Crippen LogP contribution in [0.1, 0.15) is 11.1 Å². The van der Waals surface area contributed by atoms with Gasteiger partial charge in [0.2, 0.25) is 5.13 Å². The van der Waals surface area contributed by atoms with Crippen molar-refractivity contribution in [3.05, 3.63) is 101 Å². The van der Waals surface area contributed by atoms with E-state index in [4.69, 9.17) is 4.74 Å². The van der Waals surface area contributed by atoms with Crippen molar-refractivity contribution in [2.75, 3.05) is 5.43 Å². The van der Waals surface area contributed by atoms with Crippen LogP contribution in [-0.2, 0) is 6.61 Å². The third-order valence-electron chi connectivity index (χ3n) is 4.20. The van der Waals surface area contributed by atoms with Crippen LogP contribution < -0.4 is 10.2 Å². The van der Waals surface area contributed by atoms with E-state index >= 15 is 0 Å². The number of ether oxygens (including phenoxy) is 1. The van der Waals surface area contributed by atoms with Crippen LogP contribution in [-0.4, -0.2) is 11.2 Å². The molecule has 3 aromatic carbocycles. The Kier molecular flexibility index (Phi) is 6.10. The molecule has 0 fully saturated rings. The molecule has 0 saturated heterocycles. The van der Waals surface area contributed by atoms with Gasteiger partial charge >= 0.3 is 0 Å². The van der Waals surface area contributed by atoms with Gasteiger partial charge in [0.05, 0.1) is 11.9 Å². The van der Waals surface area contributed by atoms with E-state index in [0.717, 1.165) is 34.5 Å². The molecule has 0 aliphatic heterocycles. The summed E-state index contributed by atoms with van der Waals surface area (Å²) in [4.78, 5) is 4.51. The van der Waals surface area contributed by atoms with Crippen LogP contribution in [0.15, 0.2) is 83.3 Å². The first kappa shape index (κ1) is 19.7. The van der Waals surface area contributed by atoms with Gasteiger partial charge in [0.1, 0.15) is 6.61 Å². The number of thiazole rings is 1. The topological polar surface area (TPSA) is 46.5 Å². The molecule has 30 heavy (non-hydrogen) atoms. The highest BCUT2D eigenvalue weighted by atomic mass is 32.1. The van der Waals surface area contributed by atoms with Gasteiger partial charge in [-0.25, -0.2) is 13.8 Å². The van der Waals surface area contributed by atoms with Crippen LogP contribution in [0, 0.1) is 11.6 Å². The summed E-state index contributed by atoms with van der Waals surface area (Å²) in [7, 11) is 0. The number of hydrazone groups is 1. The highest BCUT2D eigenvalue weighted by Gasteiger charge is 2.09. The number of aromatic nitrogens is 1. The largest absolute Gasteiger partial charge is 0.483 e. The molecule has 0 spiro atoms. The second-order valence-corrected chi connectivity index (χ2v) is 7.22. The van der Waals surface area contributed by atoms with Crippen molar-refractivity contribution in [2.45, 2.75) is 6.61 Å². The molecule has 4 aromatic rings. The highest BCUT2D eigenvalue weighted by molar-refractivity contribution is 7.14. The first-order valence-corrected chi connectivity index (χ1v) is 10.0. The van der Waals surface area contributed by atoms with E-state index in [2.05, 4.69) is 15.5 Å². The lowest BCUT2D eigenvalue weighted by atomic mass is 10.1. The van der Waals surface area contributed by atoms with Crippen molar-refractivity contribution >= 4 is 22.7 Å². The number of nitrogens with one attached hydrogen (secondary N) is 1. The maximum atomic E-state index is 13.7. The van der Waals surface area contributed by atoms with E-state index in [1.807, 2.05) is 60.0 Å². The van der Waals surface area contributed by atoms with E-state index < -0.39 is 11.6 Å². The quantitative estimate of drug-likeness (QED) is 0.289. The van der Waals surface area contributed by atoms with Crippen LogP contribution >= 0.6 is 11.3 Å². The average Bonchev–Trinajstić information content (AvgIpc) is 3.23. The number of halogens is 2. The van der Waals surface area contributed by atoms with Gasteiger partial charge in [0.15, 0.2) is 17.4 Å². The molecule has 0 atom stereocenters. The van der Waals surface area contributed by atoms with Gasteiger partial charge in [0, 0.05) is 10.9 Å². The van der Waals surface area contributed by atoms with Crippen molar-refractivity contribution in [1.82, 2.24) is 4.98 Å². The molecule has 4 rings (SSSR count). The van der Waals surface area contributed by atoms with Gasteiger partial charge in [-0.1, -0.05) is 54.6 Å². The fourth-order valence-corrected chi connectivity index (χ4v) is 3.44. The average molecular weight is 421 g/mol. The van der Waals surface area contributed by atoms with Gasteiger partial charge in [-0.3, -0.25) is 5.43 Å². The number of benzene rings is 3. The third-order valence-corrected chi connectivity index (χ3v) is 4.95. The molecule has 0 aliphatic rings. The standard InChI is InChI=1S/C23H17F2N3OS/c24-19-10-5-11-20(25)22(19)29-14-17-7-4-6-16(12-17)13-26-28-23-27-21(15-30-23)18-8-2-1-3-9-18/h1-13,15H,14H2,(H,27,28). The van der Waals surface area contributed by atoms with E-state index in [9.17, 15) is 8.78 Å². The van der Waals surface area contributed by atoms with E-state index in [1.54, 1.807) is 6.21 Å². The minimum absolute atomic E-state index is 0.0415. The van der Waals surface area contributed by atoms with Crippen LogP contribution in [0.25, 0.3) is 11.3 Å². The Morgan fingerprint density at radius 2 is 1.73 bits per heavy atom. The Morgan fingerprint density at radius 3 is 2.53 bits per heavy atom. The smallest absolute Gasteiger partial charge is 0.203 e. The fourth-order valence-electron chi connectivity index (χ4n) is 2.77. The maximum Gasteiger partial charge on any atom is 0.203 e. The van der Waals surface area contributed by atoms with Crippen LogP contribution in [0.2, 0.25) is 0 Å². The number of hydrogen-bond donors (Lipinski definition) is 1. The van der Waals surface area contributed by atoms with Crippen LogP contribution in [0.5, 0.6) is 5.75 Å². The minimum Gasteiger partial charge on any atom is -0.483 e. The Balaban J connectivity index is 1.37. The molecule has 0 saturated carbocycles. The lowest BCUT2D eigenvalue weighted by molar-refractivity contribution is 0.274. The van der Waals surface area contributed by atoms with Crippen molar-refractivity contribution in [3.63, 3.8) is 0 Å². The number of rotatable bonds is 7. The summed E-state index contributed by atoms with van der Waals surface area (Å²) < 4.78 is 32.7. The number of nitrogens with zero attached hydrogens (tertiary/aromatic N) is 2. The summed E-state index contributed by atoms with van der Waals surface area (Å²) in [6.07, 6.45) is 1.65. The van der Waals surface area contributed by atoms with Crippen molar-refractivity contribution in [2.24, 2.45) is 5.10 Å². The zero-order valence-electron chi connectivity index (χ0n) is 15.8. The summed E-state index contributed by atoms with van der Waals surface area (Å²) in [6, 6.07) is 20.9. The summed E-state index contributed by atoms with van der Waals surface area (Å²) in [5, 5.41) is 6.86. The summed E-state index contributed by atoms with van der Waals surface area (Å²) in [6.45, 7) is 0.0415. The van der Waals surface area contributed by atoms with Gasteiger partial charge in [-0.15, -0.1) is 11.3 Å². The summed E-state index contributed by atoms with van der Waals surface area (Å²) in [5.41, 5.74) is 6.44. The van der Waals surface area contributed by atoms with Crippen LogP contribution in [0.3, 0.4) is 0 Å². The minimum atomic E-state index is -0.727. The number of anilines is 1. The van der Waals surface area contributed by atoms with E-state index in [-0.39, 0.29) is 12.4 Å². The lowest BCUT2D eigenvalue weighted by Crippen LogP contribution is -2.00. The molecular weight excluding hydrogens is 404 g/mol. The van der Waals surface area contributed by atoms with Crippen molar-refractivity contribution in [3.8, 4) is 17.0 Å². The van der Waals surface area contributed by atoms with Gasteiger partial charge in [0.25, 0.3) is 0 Å². The molecule has 150 valence electrons. The number of hydrogen-bond acceptors (Lipinski definition) is 5. The summed E-state index contributed by atoms with van der Waals surface area (Å²) >= 11 is 1.46. The van der Waals surface area contributed by atoms with Gasteiger partial charge in [-0.05, 0) is 29.3 Å². The first-order valence-electron chi connectivity index (χ1n) is 9.15. The lowest BCUT2D eigenvalue weighted by Gasteiger charge is -2.08. The SMILES string of the molecule is Fc1cccc(F)c1OCc1cccc(C=NNc2nc(-c3ccccc3)cs2)c1. The van der Waals surface area contributed by atoms with Crippen molar-refractivity contribution < 1.29 is 13.5 Å². The Labute approximate surface area is 176 Å². The Morgan fingerprint density at radius 1 is 0.967 bits per heavy atom. The molecule has 1 N–H and O–H groups in total. The fraction of sp³-hybridized carbons (Fsp3) is 0.0435. The Hall–Kier alpha value is -3.58.